The molecule has 1 fully saturated rings. The summed E-state index contributed by atoms with van der Waals surface area (Å²) in [7, 11) is -4.48. The minimum Gasteiger partial charge on any atom is -0.383 e. The minimum atomic E-state index is -4.48. The highest BCUT2D eigenvalue weighted by molar-refractivity contribution is 7.87. The Morgan fingerprint density at radius 1 is 0.893 bits per heavy atom. The molecule has 140 valence electrons. The summed E-state index contributed by atoms with van der Waals surface area (Å²) in [6.07, 6.45) is -2.10. The van der Waals surface area contributed by atoms with Gasteiger partial charge in [-0.2, -0.15) is 8.42 Å². The SMILES string of the molecule is O=C1CC(O)C(=O)N1OS(=O)(=O)c1ccc2ccc3cccc4ccc1c2c34. The number of nitrogens with zero attached hydrogens (tertiary/aromatic N) is 1. The van der Waals surface area contributed by atoms with Crippen LogP contribution in [0.5, 0.6) is 0 Å². The Hall–Kier alpha value is -3.07. The first-order valence-electron chi connectivity index (χ1n) is 8.53. The Kier molecular flexibility index (Phi) is 3.48. The van der Waals surface area contributed by atoms with Crippen LogP contribution in [0.3, 0.4) is 0 Å². The highest BCUT2D eigenvalue weighted by atomic mass is 32.2. The van der Waals surface area contributed by atoms with Crippen LogP contribution in [0.15, 0.2) is 59.5 Å². The number of carbonyl (C=O) groups is 2. The maximum absolute atomic E-state index is 12.9. The maximum atomic E-state index is 12.9. The second-order valence-corrected chi connectivity index (χ2v) is 8.19. The van der Waals surface area contributed by atoms with Gasteiger partial charge in [-0.05, 0) is 33.0 Å². The van der Waals surface area contributed by atoms with Crippen LogP contribution >= 0.6 is 0 Å². The summed E-state index contributed by atoms with van der Waals surface area (Å²) in [5.41, 5.74) is 0. The summed E-state index contributed by atoms with van der Waals surface area (Å²) >= 11 is 0. The number of hydroxylamine groups is 2. The van der Waals surface area contributed by atoms with Gasteiger partial charge < -0.3 is 5.11 Å². The van der Waals surface area contributed by atoms with E-state index >= 15 is 0 Å². The standard InChI is InChI=1S/C20H13NO6S/c22-15-10-17(23)21(20(15)24)27-28(25,26)16-9-7-13-5-4-11-2-1-3-12-6-8-14(16)19(13)18(11)12/h1-9,15,22H,10H2. The molecule has 1 saturated heterocycles. The van der Waals surface area contributed by atoms with Crippen LogP contribution in [0.1, 0.15) is 6.42 Å². The van der Waals surface area contributed by atoms with Crippen LogP contribution in [0.2, 0.25) is 0 Å². The van der Waals surface area contributed by atoms with Crippen molar-refractivity contribution in [1.82, 2.24) is 5.06 Å². The summed E-state index contributed by atoms with van der Waals surface area (Å²) in [6, 6.07) is 16.2. The van der Waals surface area contributed by atoms with E-state index < -0.39 is 34.5 Å². The lowest BCUT2D eigenvalue weighted by Crippen LogP contribution is -2.34. The van der Waals surface area contributed by atoms with Gasteiger partial charge in [0.15, 0.2) is 0 Å². The first-order chi connectivity index (χ1) is 13.4. The number of benzene rings is 4. The molecule has 0 spiro atoms. The molecule has 1 N–H and O–H groups in total. The zero-order valence-corrected chi connectivity index (χ0v) is 15.1. The first kappa shape index (κ1) is 17.1. The van der Waals surface area contributed by atoms with Crippen LogP contribution < -0.4 is 0 Å². The van der Waals surface area contributed by atoms with Gasteiger partial charge in [0.1, 0.15) is 11.0 Å². The maximum Gasteiger partial charge on any atom is 0.318 e. The third kappa shape index (κ3) is 2.32. The van der Waals surface area contributed by atoms with Crippen LogP contribution in [-0.4, -0.2) is 36.5 Å². The van der Waals surface area contributed by atoms with E-state index in [1.165, 1.54) is 6.07 Å². The molecule has 1 heterocycles. The van der Waals surface area contributed by atoms with Gasteiger partial charge in [-0.1, -0.05) is 48.5 Å². The van der Waals surface area contributed by atoms with Crippen LogP contribution in [0.25, 0.3) is 32.3 Å². The second kappa shape index (κ2) is 5.71. The summed E-state index contributed by atoms with van der Waals surface area (Å²) < 4.78 is 30.6. The van der Waals surface area contributed by atoms with Crippen molar-refractivity contribution in [2.24, 2.45) is 0 Å². The fourth-order valence-electron chi connectivity index (χ4n) is 3.74. The molecule has 1 aliphatic rings. The molecule has 7 nitrogen and oxygen atoms in total. The fourth-order valence-corrected chi connectivity index (χ4v) is 4.84. The third-order valence-corrected chi connectivity index (χ3v) is 6.25. The van der Waals surface area contributed by atoms with Gasteiger partial charge in [0.05, 0.1) is 6.42 Å². The number of aliphatic hydroxyl groups excluding tert-OH is 1. The van der Waals surface area contributed by atoms with Crippen LogP contribution in [-0.2, 0) is 24.0 Å². The lowest BCUT2D eigenvalue weighted by molar-refractivity contribution is -0.166. The van der Waals surface area contributed by atoms with Crippen molar-refractivity contribution in [2.75, 3.05) is 0 Å². The summed E-state index contributed by atoms with van der Waals surface area (Å²) in [5.74, 6) is -2.00. The molecule has 5 rings (SSSR count). The highest BCUT2D eigenvalue weighted by Gasteiger charge is 2.42. The fraction of sp³-hybridized carbons (Fsp3) is 0.100. The lowest BCUT2D eigenvalue weighted by Gasteiger charge is -2.16. The summed E-state index contributed by atoms with van der Waals surface area (Å²) in [6.45, 7) is 0. The minimum absolute atomic E-state index is 0.123. The number of aliphatic hydroxyl groups is 1. The number of hydrogen-bond acceptors (Lipinski definition) is 6. The van der Waals surface area contributed by atoms with Gasteiger partial charge in [0.2, 0.25) is 0 Å². The van der Waals surface area contributed by atoms with Crippen molar-refractivity contribution in [3.63, 3.8) is 0 Å². The number of rotatable bonds is 3. The van der Waals surface area contributed by atoms with Gasteiger partial charge >= 0.3 is 10.1 Å². The predicted molar refractivity (Wildman–Crippen MR) is 101 cm³/mol. The zero-order valence-electron chi connectivity index (χ0n) is 14.3. The molecule has 4 aromatic carbocycles. The molecule has 0 bridgehead atoms. The molecule has 4 aromatic rings. The molecule has 1 aliphatic heterocycles. The average Bonchev–Trinajstić information content (AvgIpc) is 2.91. The van der Waals surface area contributed by atoms with Crippen molar-refractivity contribution in [1.29, 1.82) is 0 Å². The second-order valence-electron chi connectivity index (χ2n) is 6.69. The zero-order chi connectivity index (χ0) is 19.6. The summed E-state index contributed by atoms with van der Waals surface area (Å²) in [5, 5.41) is 14.5. The average molecular weight is 395 g/mol. The lowest BCUT2D eigenvalue weighted by atomic mass is 9.94. The van der Waals surface area contributed by atoms with Crippen LogP contribution in [0.4, 0.5) is 0 Å². The predicted octanol–water partition coefficient (Wildman–Crippen LogP) is 2.32. The molecule has 0 saturated carbocycles. The van der Waals surface area contributed by atoms with E-state index in [4.69, 9.17) is 4.28 Å². The van der Waals surface area contributed by atoms with Crippen molar-refractivity contribution < 1.29 is 27.4 Å². The largest absolute Gasteiger partial charge is 0.383 e. The highest BCUT2D eigenvalue weighted by Crippen LogP contribution is 2.37. The van der Waals surface area contributed by atoms with E-state index in [1.807, 2.05) is 36.4 Å². The van der Waals surface area contributed by atoms with E-state index in [9.17, 15) is 23.1 Å². The molecule has 8 heteroatoms. The Labute approximate surface area is 159 Å². The molecule has 28 heavy (non-hydrogen) atoms. The normalized spacial score (nSPS) is 18.2. The molecule has 1 unspecified atom stereocenters. The smallest absolute Gasteiger partial charge is 0.318 e. The molecular weight excluding hydrogens is 382 g/mol. The van der Waals surface area contributed by atoms with Crippen molar-refractivity contribution in [3.05, 3.63) is 54.6 Å². The molecule has 0 aromatic heterocycles. The Morgan fingerprint density at radius 2 is 1.50 bits per heavy atom. The quantitative estimate of drug-likeness (QED) is 0.422. The third-order valence-electron chi connectivity index (χ3n) is 5.01. The van der Waals surface area contributed by atoms with Crippen molar-refractivity contribution >= 4 is 54.2 Å². The van der Waals surface area contributed by atoms with Gasteiger partial charge in [-0.15, -0.1) is 9.35 Å². The van der Waals surface area contributed by atoms with Gasteiger partial charge in [0, 0.05) is 5.39 Å². The molecular formula is C20H13NO6S. The Bertz CT molecular complexity index is 1380. The number of amides is 2. The van der Waals surface area contributed by atoms with Gasteiger partial charge in [-0.3, -0.25) is 9.59 Å². The topological polar surface area (TPSA) is 101 Å². The number of imide groups is 1. The van der Waals surface area contributed by atoms with Crippen LogP contribution in [0, 0.1) is 0 Å². The molecule has 0 aliphatic carbocycles. The first-order valence-corrected chi connectivity index (χ1v) is 9.94. The van der Waals surface area contributed by atoms with E-state index in [2.05, 4.69) is 0 Å². The van der Waals surface area contributed by atoms with E-state index in [-0.39, 0.29) is 9.96 Å². The molecule has 2 amide bonds. The monoisotopic (exact) mass is 395 g/mol. The van der Waals surface area contributed by atoms with E-state index in [0.29, 0.717) is 5.39 Å². The van der Waals surface area contributed by atoms with Crippen molar-refractivity contribution in [2.45, 2.75) is 17.4 Å². The van der Waals surface area contributed by atoms with Gasteiger partial charge in [0.25, 0.3) is 11.8 Å². The molecule has 1 atom stereocenters. The number of carbonyl (C=O) groups excluding carboxylic acids is 2. The van der Waals surface area contributed by atoms with Crippen molar-refractivity contribution in [3.8, 4) is 0 Å². The van der Waals surface area contributed by atoms with E-state index in [0.717, 1.165) is 26.9 Å². The molecule has 0 radical (unpaired) electrons. The Balaban J connectivity index is 1.72. The summed E-state index contributed by atoms with van der Waals surface area (Å²) in [4.78, 5) is 23.5. The Morgan fingerprint density at radius 3 is 2.14 bits per heavy atom. The number of hydrogen-bond donors (Lipinski definition) is 1. The van der Waals surface area contributed by atoms with E-state index in [1.54, 1.807) is 12.1 Å². The van der Waals surface area contributed by atoms with Gasteiger partial charge in [-0.25, -0.2) is 0 Å².